The second-order valence-corrected chi connectivity index (χ2v) is 3.51. The summed E-state index contributed by atoms with van der Waals surface area (Å²) >= 11 is 0. The summed E-state index contributed by atoms with van der Waals surface area (Å²) in [6, 6.07) is 1.01. The van der Waals surface area contributed by atoms with Gasteiger partial charge in [-0.15, -0.1) is 0 Å². The predicted octanol–water partition coefficient (Wildman–Crippen LogP) is 1.26. The van der Waals surface area contributed by atoms with E-state index in [4.69, 9.17) is 5.73 Å². The van der Waals surface area contributed by atoms with E-state index in [-0.39, 0.29) is 0 Å². The van der Waals surface area contributed by atoms with Gasteiger partial charge in [-0.3, -0.25) is 0 Å². The van der Waals surface area contributed by atoms with E-state index in [1.54, 1.807) is 0 Å². The van der Waals surface area contributed by atoms with Gasteiger partial charge in [0.25, 0.3) is 0 Å². The molecule has 0 aromatic rings. The summed E-state index contributed by atoms with van der Waals surface area (Å²) in [5.74, 6) is 0. The third kappa shape index (κ3) is 2.80. The van der Waals surface area contributed by atoms with Crippen molar-refractivity contribution >= 4 is 0 Å². The maximum absolute atomic E-state index is 5.96. The van der Waals surface area contributed by atoms with Crippen LogP contribution >= 0.6 is 0 Å². The molecule has 0 aromatic carbocycles. The molecule has 3 N–H and O–H groups in total. The van der Waals surface area contributed by atoms with Gasteiger partial charge in [0.1, 0.15) is 0 Å². The molecule has 0 heterocycles. The van der Waals surface area contributed by atoms with Crippen molar-refractivity contribution in [3.8, 4) is 0 Å². The average molecular weight is 156 g/mol. The Hall–Kier alpha value is -0.0800. The van der Waals surface area contributed by atoms with Crippen LogP contribution in [0.1, 0.15) is 39.0 Å². The highest BCUT2D eigenvalue weighted by Gasteiger charge is 2.20. The van der Waals surface area contributed by atoms with Crippen LogP contribution in [-0.4, -0.2) is 18.6 Å². The van der Waals surface area contributed by atoms with Gasteiger partial charge >= 0.3 is 0 Å². The summed E-state index contributed by atoms with van der Waals surface area (Å²) in [7, 11) is 0. The smallest absolute Gasteiger partial charge is 0.0219 e. The molecule has 2 nitrogen and oxygen atoms in total. The van der Waals surface area contributed by atoms with Crippen molar-refractivity contribution in [3.05, 3.63) is 0 Å². The lowest BCUT2D eigenvalue weighted by atomic mass is 9.91. The zero-order valence-electron chi connectivity index (χ0n) is 7.47. The molecule has 0 aromatic heterocycles. The van der Waals surface area contributed by atoms with E-state index in [1.807, 2.05) is 0 Å². The lowest BCUT2D eigenvalue weighted by Gasteiger charge is -2.29. The monoisotopic (exact) mass is 156 g/mol. The Kier molecular flexibility index (Phi) is 3.87. The van der Waals surface area contributed by atoms with Crippen LogP contribution in [0.25, 0.3) is 0 Å². The number of hydrogen-bond acceptors (Lipinski definition) is 2. The van der Waals surface area contributed by atoms with E-state index in [0.29, 0.717) is 12.1 Å². The van der Waals surface area contributed by atoms with Gasteiger partial charge in [-0.1, -0.05) is 19.8 Å². The van der Waals surface area contributed by atoms with Crippen molar-refractivity contribution in [1.82, 2.24) is 5.32 Å². The van der Waals surface area contributed by atoms with Gasteiger partial charge in [-0.2, -0.15) is 0 Å². The molecule has 0 saturated heterocycles. The third-order valence-corrected chi connectivity index (χ3v) is 2.48. The normalized spacial score (nSPS) is 32.2. The first kappa shape index (κ1) is 9.01. The van der Waals surface area contributed by atoms with Crippen LogP contribution in [0.3, 0.4) is 0 Å². The third-order valence-electron chi connectivity index (χ3n) is 2.48. The molecular weight excluding hydrogens is 136 g/mol. The first-order valence-corrected chi connectivity index (χ1v) is 4.83. The molecule has 2 heteroatoms. The van der Waals surface area contributed by atoms with Gasteiger partial charge in [-0.05, 0) is 25.8 Å². The molecule has 1 aliphatic carbocycles. The van der Waals surface area contributed by atoms with Gasteiger partial charge in [0, 0.05) is 12.1 Å². The van der Waals surface area contributed by atoms with Crippen LogP contribution in [0.15, 0.2) is 0 Å². The average Bonchev–Trinajstić information content (AvgIpc) is 2.03. The minimum atomic E-state index is 0.412. The highest BCUT2D eigenvalue weighted by Crippen LogP contribution is 2.16. The summed E-state index contributed by atoms with van der Waals surface area (Å²) in [6.07, 6.45) is 6.38. The van der Waals surface area contributed by atoms with Crippen LogP contribution in [0.5, 0.6) is 0 Å². The molecule has 0 aliphatic heterocycles. The zero-order valence-corrected chi connectivity index (χ0v) is 7.47. The van der Waals surface area contributed by atoms with Crippen molar-refractivity contribution in [2.45, 2.75) is 51.1 Å². The first-order chi connectivity index (χ1) is 5.34. The second-order valence-electron chi connectivity index (χ2n) is 3.51. The standard InChI is InChI=1S/C9H20N2/c1-2-7-11-9-6-4-3-5-8(9)10/h8-9,11H,2-7,10H2,1H3/t8-,9+/m1/s1. The molecule has 1 saturated carbocycles. The van der Waals surface area contributed by atoms with E-state index in [0.717, 1.165) is 6.54 Å². The van der Waals surface area contributed by atoms with Gasteiger partial charge in [0.15, 0.2) is 0 Å². The van der Waals surface area contributed by atoms with E-state index in [1.165, 1.54) is 32.1 Å². The predicted molar refractivity (Wildman–Crippen MR) is 48.5 cm³/mol. The quantitative estimate of drug-likeness (QED) is 0.645. The largest absolute Gasteiger partial charge is 0.326 e. The fraction of sp³-hybridized carbons (Fsp3) is 1.00. The second kappa shape index (κ2) is 4.73. The number of nitrogens with one attached hydrogen (secondary N) is 1. The number of hydrogen-bond donors (Lipinski definition) is 2. The number of nitrogens with two attached hydrogens (primary N) is 1. The van der Waals surface area contributed by atoms with Gasteiger partial charge in [0.05, 0.1) is 0 Å². The summed E-state index contributed by atoms with van der Waals surface area (Å²) in [4.78, 5) is 0. The molecule has 1 rings (SSSR count). The van der Waals surface area contributed by atoms with Crippen LogP contribution in [-0.2, 0) is 0 Å². The molecule has 1 fully saturated rings. The van der Waals surface area contributed by atoms with Crippen molar-refractivity contribution in [2.24, 2.45) is 5.73 Å². The zero-order chi connectivity index (χ0) is 8.10. The van der Waals surface area contributed by atoms with Crippen molar-refractivity contribution in [2.75, 3.05) is 6.54 Å². The Bertz CT molecular complexity index is 104. The van der Waals surface area contributed by atoms with Crippen molar-refractivity contribution in [3.63, 3.8) is 0 Å². The fourth-order valence-electron chi connectivity index (χ4n) is 1.74. The maximum Gasteiger partial charge on any atom is 0.0219 e. The molecule has 2 atom stereocenters. The molecule has 0 unspecified atom stereocenters. The fourth-order valence-corrected chi connectivity index (χ4v) is 1.74. The van der Waals surface area contributed by atoms with Crippen LogP contribution in [0.2, 0.25) is 0 Å². The molecular formula is C9H20N2. The molecule has 0 bridgehead atoms. The minimum Gasteiger partial charge on any atom is -0.326 e. The number of rotatable bonds is 3. The lowest BCUT2D eigenvalue weighted by Crippen LogP contribution is -2.47. The Morgan fingerprint density at radius 1 is 1.36 bits per heavy atom. The van der Waals surface area contributed by atoms with Crippen LogP contribution in [0, 0.1) is 0 Å². The van der Waals surface area contributed by atoms with Gasteiger partial charge in [-0.25, -0.2) is 0 Å². The minimum absolute atomic E-state index is 0.412. The molecule has 0 amide bonds. The van der Waals surface area contributed by atoms with E-state index in [9.17, 15) is 0 Å². The van der Waals surface area contributed by atoms with E-state index < -0.39 is 0 Å². The molecule has 0 radical (unpaired) electrons. The Balaban J connectivity index is 2.18. The summed E-state index contributed by atoms with van der Waals surface area (Å²) < 4.78 is 0. The summed E-state index contributed by atoms with van der Waals surface area (Å²) in [6.45, 7) is 3.32. The summed E-state index contributed by atoms with van der Waals surface area (Å²) in [5, 5.41) is 3.50. The summed E-state index contributed by atoms with van der Waals surface area (Å²) in [5.41, 5.74) is 5.96. The van der Waals surface area contributed by atoms with Crippen molar-refractivity contribution < 1.29 is 0 Å². The van der Waals surface area contributed by atoms with Crippen molar-refractivity contribution in [1.29, 1.82) is 0 Å². The molecule has 0 spiro atoms. The highest BCUT2D eigenvalue weighted by atomic mass is 14.9. The molecule has 1 aliphatic rings. The Morgan fingerprint density at radius 3 is 2.73 bits per heavy atom. The van der Waals surface area contributed by atoms with Crippen LogP contribution in [0.4, 0.5) is 0 Å². The van der Waals surface area contributed by atoms with E-state index in [2.05, 4.69) is 12.2 Å². The SMILES string of the molecule is CCCN[C@H]1CCCC[C@H]1N. The van der Waals surface area contributed by atoms with E-state index >= 15 is 0 Å². The van der Waals surface area contributed by atoms with Gasteiger partial charge < -0.3 is 11.1 Å². The first-order valence-electron chi connectivity index (χ1n) is 4.83. The molecule has 66 valence electrons. The van der Waals surface area contributed by atoms with Crippen LogP contribution < -0.4 is 11.1 Å². The topological polar surface area (TPSA) is 38.0 Å². The lowest BCUT2D eigenvalue weighted by molar-refractivity contribution is 0.328. The Labute approximate surface area is 69.5 Å². The van der Waals surface area contributed by atoms with Gasteiger partial charge in [0.2, 0.25) is 0 Å². The molecule has 11 heavy (non-hydrogen) atoms. The highest BCUT2D eigenvalue weighted by molar-refractivity contribution is 4.83. The maximum atomic E-state index is 5.96. The Morgan fingerprint density at radius 2 is 2.09 bits per heavy atom.